The number of carbonyl (C=O) groups excluding carboxylic acids is 1. The number of hydrogen-bond acceptors (Lipinski definition) is 4. The summed E-state index contributed by atoms with van der Waals surface area (Å²) in [6.07, 6.45) is 2.33. The molecule has 0 radical (unpaired) electrons. The van der Waals surface area contributed by atoms with E-state index in [1.54, 1.807) is 0 Å². The van der Waals surface area contributed by atoms with Crippen LogP contribution in [0.5, 0.6) is 0 Å². The lowest BCUT2D eigenvalue weighted by Gasteiger charge is -2.52. The van der Waals surface area contributed by atoms with E-state index in [0.717, 1.165) is 18.5 Å². The highest BCUT2D eigenvalue weighted by Crippen LogP contribution is 2.47. The second kappa shape index (κ2) is 6.03. The number of aromatic nitrogens is 1. The zero-order valence-electron chi connectivity index (χ0n) is 14.3. The molecule has 0 aromatic carbocycles. The lowest BCUT2D eigenvalue weighted by Crippen LogP contribution is -2.59. The van der Waals surface area contributed by atoms with Crippen LogP contribution in [0.2, 0.25) is 0 Å². The van der Waals surface area contributed by atoms with Crippen LogP contribution in [0.1, 0.15) is 58.9 Å². The van der Waals surface area contributed by atoms with E-state index < -0.39 is 0 Å². The maximum absolute atomic E-state index is 12.1. The molecular weight excluding hydrogens is 280 g/mol. The molecule has 2 unspecified atom stereocenters. The molecule has 5 nitrogen and oxygen atoms in total. The van der Waals surface area contributed by atoms with Gasteiger partial charge in [0.05, 0.1) is 5.69 Å². The number of aliphatic hydroxyl groups is 1. The summed E-state index contributed by atoms with van der Waals surface area (Å²) in [5.41, 5.74) is 0.937. The molecule has 1 saturated carbocycles. The Kier molecular flexibility index (Phi) is 4.66. The van der Waals surface area contributed by atoms with Crippen LogP contribution >= 0.6 is 0 Å². The Morgan fingerprint density at radius 2 is 2.18 bits per heavy atom. The fourth-order valence-electron chi connectivity index (χ4n) is 3.11. The van der Waals surface area contributed by atoms with Crippen molar-refractivity contribution in [1.29, 1.82) is 0 Å². The minimum Gasteiger partial charge on any atom is -0.388 e. The topological polar surface area (TPSA) is 75.4 Å². The molecule has 0 bridgehead atoms. The van der Waals surface area contributed by atoms with Crippen molar-refractivity contribution in [2.75, 3.05) is 0 Å². The number of nitrogens with zero attached hydrogens (tertiary/aromatic N) is 1. The summed E-state index contributed by atoms with van der Waals surface area (Å²) in [6.45, 7) is 10.5. The summed E-state index contributed by atoms with van der Waals surface area (Å²) < 4.78 is 5.03. The molecule has 0 aliphatic heterocycles. The number of amides is 1. The molecule has 1 aromatic heterocycles. The Bertz CT molecular complexity index is 528. The number of aliphatic hydroxyl groups excluding tert-OH is 1. The lowest BCUT2D eigenvalue weighted by molar-refractivity contribution is -0.127. The fraction of sp³-hybridized carbons (Fsp3) is 0.765. The molecule has 1 aliphatic rings. The van der Waals surface area contributed by atoms with Crippen LogP contribution in [0.4, 0.5) is 0 Å². The molecule has 2 atom stereocenters. The molecule has 1 aliphatic carbocycles. The number of rotatable bonds is 5. The summed E-state index contributed by atoms with van der Waals surface area (Å²) in [4.78, 5) is 12.1. The number of hydrogen-bond donors (Lipinski definition) is 2. The van der Waals surface area contributed by atoms with Gasteiger partial charge >= 0.3 is 0 Å². The SMILES string of the molecule is CC(C)(C)CC(=O)NC1CC(Cc2cc(CO)on2)C1(C)C. The van der Waals surface area contributed by atoms with Crippen molar-refractivity contribution in [3.63, 3.8) is 0 Å². The van der Waals surface area contributed by atoms with Gasteiger partial charge in [-0.25, -0.2) is 0 Å². The van der Waals surface area contributed by atoms with E-state index in [1.165, 1.54) is 0 Å². The zero-order valence-corrected chi connectivity index (χ0v) is 14.3. The van der Waals surface area contributed by atoms with Crippen molar-refractivity contribution in [1.82, 2.24) is 10.5 Å². The first-order chi connectivity index (χ1) is 10.1. The van der Waals surface area contributed by atoms with E-state index in [4.69, 9.17) is 9.63 Å². The van der Waals surface area contributed by atoms with Crippen LogP contribution in [0.15, 0.2) is 10.6 Å². The number of nitrogens with one attached hydrogen (secondary N) is 1. The summed E-state index contributed by atoms with van der Waals surface area (Å²) in [7, 11) is 0. The van der Waals surface area contributed by atoms with Crippen LogP contribution in [0.3, 0.4) is 0 Å². The van der Waals surface area contributed by atoms with Crippen molar-refractivity contribution < 1.29 is 14.4 Å². The van der Waals surface area contributed by atoms with Crippen LogP contribution in [0.25, 0.3) is 0 Å². The third kappa shape index (κ3) is 3.88. The second-order valence-electron chi connectivity index (χ2n) is 8.26. The van der Waals surface area contributed by atoms with E-state index in [9.17, 15) is 4.79 Å². The first kappa shape index (κ1) is 17.0. The molecule has 1 heterocycles. The third-order valence-corrected chi connectivity index (χ3v) is 4.72. The van der Waals surface area contributed by atoms with Crippen LogP contribution < -0.4 is 5.32 Å². The molecule has 1 amide bonds. The zero-order chi connectivity index (χ0) is 16.5. The van der Waals surface area contributed by atoms with Crippen LogP contribution in [0, 0.1) is 16.7 Å². The fourth-order valence-corrected chi connectivity index (χ4v) is 3.11. The summed E-state index contributed by atoms with van der Waals surface area (Å²) in [5.74, 6) is 1.10. The van der Waals surface area contributed by atoms with Crippen molar-refractivity contribution in [2.24, 2.45) is 16.7 Å². The Balaban J connectivity index is 1.88. The van der Waals surface area contributed by atoms with Gasteiger partial charge in [-0.3, -0.25) is 4.79 Å². The molecule has 5 heteroatoms. The average Bonchev–Trinajstić information content (AvgIpc) is 2.83. The minimum absolute atomic E-state index is 0.0127. The van der Waals surface area contributed by atoms with Gasteiger partial charge in [0.1, 0.15) is 6.61 Å². The van der Waals surface area contributed by atoms with Crippen LogP contribution in [-0.2, 0) is 17.8 Å². The highest BCUT2D eigenvalue weighted by atomic mass is 16.5. The van der Waals surface area contributed by atoms with Crippen molar-refractivity contribution in [2.45, 2.75) is 66.5 Å². The van der Waals surface area contributed by atoms with Gasteiger partial charge in [-0.2, -0.15) is 0 Å². The van der Waals surface area contributed by atoms with Crippen molar-refractivity contribution in [3.05, 3.63) is 17.5 Å². The normalized spacial score (nSPS) is 23.9. The maximum Gasteiger partial charge on any atom is 0.220 e. The molecule has 0 spiro atoms. The molecule has 0 saturated heterocycles. The average molecular weight is 308 g/mol. The summed E-state index contributed by atoms with van der Waals surface area (Å²) in [6, 6.07) is 2.03. The second-order valence-corrected chi connectivity index (χ2v) is 8.26. The van der Waals surface area contributed by atoms with E-state index in [1.807, 2.05) is 6.07 Å². The van der Waals surface area contributed by atoms with E-state index in [2.05, 4.69) is 45.1 Å². The van der Waals surface area contributed by atoms with Gasteiger partial charge < -0.3 is 14.9 Å². The Morgan fingerprint density at radius 1 is 1.50 bits per heavy atom. The van der Waals surface area contributed by atoms with Gasteiger partial charge in [-0.05, 0) is 29.6 Å². The monoisotopic (exact) mass is 308 g/mol. The molecular formula is C17H28N2O3. The van der Waals surface area contributed by atoms with Crippen molar-refractivity contribution in [3.8, 4) is 0 Å². The van der Waals surface area contributed by atoms with Crippen LogP contribution in [-0.4, -0.2) is 22.2 Å². The Hall–Kier alpha value is -1.36. The minimum atomic E-state index is -0.119. The standard InChI is InChI=1S/C17H28N2O3/c1-16(2,3)9-15(21)18-14-7-11(17(14,4)5)6-12-8-13(10-20)22-19-12/h8,11,14,20H,6-7,9-10H2,1-5H3,(H,18,21). The van der Waals surface area contributed by atoms with Gasteiger partial charge in [0, 0.05) is 18.5 Å². The molecule has 2 N–H and O–H groups in total. The first-order valence-corrected chi connectivity index (χ1v) is 7.96. The van der Waals surface area contributed by atoms with E-state index >= 15 is 0 Å². The highest BCUT2D eigenvalue weighted by Gasteiger charge is 2.48. The highest BCUT2D eigenvalue weighted by molar-refractivity contribution is 5.77. The van der Waals surface area contributed by atoms with Gasteiger partial charge in [0.15, 0.2) is 5.76 Å². The predicted molar refractivity (Wildman–Crippen MR) is 84.0 cm³/mol. The van der Waals surface area contributed by atoms with Gasteiger partial charge in [-0.1, -0.05) is 39.8 Å². The largest absolute Gasteiger partial charge is 0.388 e. The van der Waals surface area contributed by atoms with Gasteiger partial charge in [0.25, 0.3) is 0 Å². The van der Waals surface area contributed by atoms with Crippen molar-refractivity contribution >= 4 is 5.91 Å². The van der Waals surface area contributed by atoms with E-state index in [0.29, 0.717) is 18.1 Å². The smallest absolute Gasteiger partial charge is 0.220 e. The first-order valence-electron chi connectivity index (χ1n) is 7.96. The quantitative estimate of drug-likeness (QED) is 0.877. The lowest BCUT2D eigenvalue weighted by atomic mass is 9.57. The molecule has 22 heavy (non-hydrogen) atoms. The maximum atomic E-state index is 12.1. The summed E-state index contributed by atoms with van der Waals surface area (Å²) >= 11 is 0. The molecule has 1 fully saturated rings. The Labute approximate surface area is 132 Å². The summed E-state index contributed by atoms with van der Waals surface area (Å²) in [5, 5.41) is 16.2. The van der Waals surface area contributed by atoms with Gasteiger partial charge in [0.2, 0.25) is 5.91 Å². The van der Waals surface area contributed by atoms with E-state index in [-0.39, 0.29) is 29.4 Å². The Morgan fingerprint density at radius 3 is 2.68 bits per heavy atom. The third-order valence-electron chi connectivity index (χ3n) is 4.72. The molecule has 2 rings (SSSR count). The molecule has 1 aromatic rings. The van der Waals surface area contributed by atoms with Gasteiger partial charge in [-0.15, -0.1) is 0 Å². The molecule has 124 valence electrons. The predicted octanol–water partition coefficient (Wildman–Crippen LogP) is 2.68. The number of carbonyl (C=O) groups is 1.